The van der Waals surface area contributed by atoms with Gasteiger partial charge in [0, 0.05) is 0 Å². The molecule has 4 heteroatoms. The Hall–Kier alpha value is -2.62. The smallest absolute Gasteiger partial charge is 0.349 e. The highest BCUT2D eigenvalue weighted by molar-refractivity contribution is 5.82. The highest BCUT2D eigenvalue weighted by Gasteiger charge is 2.09. The van der Waals surface area contributed by atoms with Crippen LogP contribution in [0.25, 0.3) is 0 Å². The van der Waals surface area contributed by atoms with Gasteiger partial charge < -0.3 is 9.47 Å². The molecule has 0 bridgehead atoms. The van der Waals surface area contributed by atoms with E-state index in [0.717, 1.165) is 0 Å². The summed E-state index contributed by atoms with van der Waals surface area (Å²) < 4.78 is 10.3. The van der Waals surface area contributed by atoms with Gasteiger partial charge in [-0.1, -0.05) is 30.3 Å². The van der Waals surface area contributed by atoms with Crippen LogP contribution in [-0.2, 0) is 4.79 Å². The Morgan fingerprint density at radius 1 is 1.00 bits per heavy atom. The second kappa shape index (κ2) is 6.35. The summed E-state index contributed by atoms with van der Waals surface area (Å²) >= 11 is 0. The maximum Gasteiger partial charge on any atom is 0.349 e. The largest absolute Gasteiger partial charge is 0.482 e. The van der Waals surface area contributed by atoms with Gasteiger partial charge in [-0.3, -0.25) is 4.79 Å². The van der Waals surface area contributed by atoms with Gasteiger partial charge in [-0.15, -0.1) is 0 Å². The van der Waals surface area contributed by atoms with Gasteiger partial charge in [-0.05, 0) is 24.3 Å². The summed E-state index contributed by atoms with van der Waals surface area (Å²) in [4.78, 5) is 22.4. The molecule has 0 aliphatic carbocycles. The average Bonchev–Trinajstić information content (AvgIpc) is 2.47. The molecule has 0 spiro atoms. The molecular formula is C15H12O4. The fourth-order valence-electron chi connectivity index (χ4n) is 1.48. The van der Waals surface area contributed by atoms with E-state index < -0.39 is 5.97 Å². The molecule has 0 aliphatic heterocycles. The summed E-state index contributed by atoms with van der Waals surface area (Å²) in [5, 5.41) is 0. The van der Waals surface area contributed by atoms with Crippen molar-refractivity contribution in [3.63, 3.8) is 0 Å². The fourth-order valence-corrected chi connectivity index (χ4v) is 1.48. The molecule has 4 nitrogen and oxygen atoms in total. The Bertz CT molecular complexity index is 563. The zero-order chi connectivity index (χ0) is 13.5. The van der Waals surface area contributed by atoms with Gasteiger partial charge in [-0.25, -0.2) is 4.79 Å². The molecule has 0 saturated heterocycles. The molecular weight excluding hydrogens is 244 g/mol. The van der Waals surface area contributed by atoms with Gasteiger partial charge in [0.15, 0.2) is 12.9 Å². The van der Waals surface area contributed by atoms with Gasteiger partial charge >= 0.3 is 5.97 Å². The van der Waals surface area contributed by atoms with Gasteiger partial charge in [0.1, 0.15) is 11.5 Å². The Labute approximate surface area is 110 Å². The van der Waals surface area contributed by atoms with Gasteiger partial charge in [0.2, 0.25) is 0 Å². The summed E-state index contributed by atoms with van der Waals surface area (Å²) in [5.41, 5.74) is 0.329. The zero-order valence-corrected chi connectivity index (χ0v) is 10.1. The van der Waals surface area contributed by atoms with Crippen LogP contribution in [0.4, 0.5) is 0 Å². The van der Waals surface area contributed by atoms with E-state index in [-0.39, 0.29) is 12.4 Å². The van der Waals surface area contributed by atoms with E-state index in [2.05, 4.69) is 0 Å². The first-order chi connectivity index (χ1) is 9.29. The number of benzene rings is 2. The Kier molecular flexibility index (Phi) is 4.29. The van der Waals surface area contributed by atoms with Crippen molar-refractivity contribution in [3.8, 4) is 11.5 Å². The van der Waals surface area contributed by atoms with E-state index in [9.17, 15) is 9.59 Å². The zero-order valence-electron chi connectivity index (χ0n) is 10.1. The molecule has 0 unspecified atom stereocenters. The molecule has 0 amide bonds. The molecule has 0 atom stereocenters. The van der Waals surface area contributed by atoms with Crippen molar-refractivity contribution < 1.29 is 19.1 Å². The molecule has 0 aliphatic rings. The van der Waals surface area contributed by atoms with E-state index in [0.29, 0.717) is 17.6 Å². The third-order valence-electron chi connectivity index (χ3n) is 2.37. The first kappa shape index (κ1) is 12.8. The van der Waals surface area contributed by atoms with Crippen LogP contribution in [0.3, 0.4) is 0 Å². The number of hydrogen-bond donors (Lipinski definition) is 0. The third-order valence-corrected chi connectivity index (χ3v) is 2.37. The van der Waals surface area contributed by atoms with Crippen LogP contribution in [0.15, 0.2) is 54.6 Å². The maximum atomic E-state index is 11.6. The van der Waals surface area contributed by atoms with Crippen LogP contribution in [0, 0.1) is 0 Å². The number of rotatable bonds is 5. The monoisotopic (exact) mass is 256 g/mol. The van der Waals surface area contributed by atoms with E-state index in [1.807, 2.05) is 18.2 Å². The van der Waals surface area contributed by atoms with Crippen molar-refractivity contribution in [1.82, 2.24) is 0 Å². The van der Waals surface area contributed by atoms with Crippen LogP contribution in [0.1, 0.15) is 10.4 Å². The highest BCUT2D eigenvalue weighted by atomic mass is 16.6. The number of aldehydes is 1. The molecule has 2 aromatic rings. The van der Waals surface area contributed by atoms with Crippen molar-refractivity contribution in [2.75, 3.05) is 6.61 Å². The standard InChI is InChI=1S/C15H12O4/c16-10-12-6-4-5-9-14(12)19-15(17)11-18-13-7-2-1-3-8-13/h1-10H,11H2. The molecule has 0 saturated carbocycles. The topological polar surface area (TPSA) is 52.6 Å². The molecule has 0 fully saturated rings. The van der Waals surface area contributed by atoms with Crippen LogP contribution >= 0.6 is 0 Å². The minimum absolute atomic E-state index is 0.211. The van der Waals surface area contributed by atoms with Gasteiger partial charge in [0.05, 0.1) is 5.56 Å². The second-order valence-corrected chi connectivity index (χ2v) is 3.73. The number of carbonyl (C=O) groups is 2. The molecule has 19 heavy (non-hydrogen) atoms. The number of hydrogen-bond acceptors (Lipinski definition) is 4. The second-order valence-electron chi connectivity index (χ2n) is 3.73. The Balaban J connectivity index is 1.93. The summed E-state index contributed by atoms with van der Waals surface area (Å²) in [7, 11) is 0. The molecule has 0 N–H and O–H groups in total. The highest BCUT2D eigenvalue weighted by Crippen LogP contribution is 2.16. The van der Waals surface area contributed by atoms with Crippen molar-refractivity contribution in [2.45, 2.75) is 0 Å². The number of esters is 1. The summed E-state index contributed by atoms with van der Waals surface area (Å²) in [6.45, 7) is -0.211. The van der Waals surface area contributed by atoms with Crippen molar-refractivity contribution in [3.05, 3.63) is 60.2 Å². The van der Waals surface area contributed by atoms with Crippen molar-refractivity contribution in [1.29, 1.82) is 0 Å². The Morgan fingerprint density at radius 2 is 1.68 bits per heavy atom. The quantitative estimate of drug-likeness (QED) is 0.468. The minimum Gasteiger partial charge on any atom is -0.482 e. The lowest BCUT2D eigenvalue weighted by Gasteiger charge is -2.07. The summed E-state index contributed by atoms with van der Waals surface area (Å²) in [5.74, 6) is 0.264. The molecule has 0 radical (unpaired) electrons. The third kappa shape index (κ3) is 3.67. The average molecular weight is 256 g/mol. The number of para-hydroxylation sites is 2. The molecule has 96 valence electrons. The molecule has 0 aromatic heterocycles. The van der Waals surface area contributed by atoms with Crippen LogP contribution in [0.2, 0.25) is 0 Å². The number of carbonyl (C=O) groups excluding carboxylic acids is 2. The van der Waals surface area contributed by atoms with E-state index in [1.54, 1.807) is 36.4 Å². The first-order valence-corrected chi connectivity index (χ1v) is 5.72. The van der Waals surface area contributed by atoms with Crippen LogP contribution in [-0.4, -0.2) is 18.9 Å². The normalized spacial score (nSPS) is 9.68. The molecule has 0 heterocycles. The lowest BCUT2D eigenvalue weighted by Crippen LogP contribution is -2.18. The summed E-state index contributed by atoms with van der Waals surface area (Å²) in [6.07, 6.45) is 0.640. The van der Waals surface area contributed by atoms with Crippen molar-refractivity contribution in [2.24, 2.45) is 0 Å². The Morgan fingerprint density at radius 3 is 2.42 bits per heavy atom. The predicted octanol–water partition coefficient (Wildman–Crippen LogP) is 2.48. The number of ether oxygens (including phenoxy) is 2. The molecule has 2 rings (SSSR count). The predicted molar refractivity (Wildman–Crippen MR) is 69.4 cm³/mol. The fraction of sp³-hybridized carbons (Fsp3) is 0.0667. The van der Waals surface area contributed by atoms with Crippen LogP contribution < -0.4 is 9.47 Å². The van der Waals surface area contributed by atoms with E-state index in [1.165, 1.54) is 0 Å². The van der Waals surface area contributed by atoms with Crippen LogP contribution in [0.5, 0.6) is 11.5 Å². The SMILES string of the molecule is O=Cc1ccccc1OC(=O)COc1ccccc1. The maximum absolute atomic E-state index is 11.6. The van der Waals surface area contributed by atoms with E-state index in [4.69, 9.17) is 9.47 Å². The van der Waals surface area contributed by atoms with Crippen molar-refractivity contribution >= 4 is 12.3 Å². The molecule has 2 aromatic carbocycles. The lowest BCUT2D eigenvalue weighted by molar-refractivity contribution is -0.136. The van der Waals surface area contributed by atoms with Gasteiger partial charge in [0.25, 0.3) is 0 Å². The minimum atomic E-state index is -0.557. The first-order valence-electron chi connectivity index (χ1n) is 5.72. The van der Waals surface area contributed by atoms with E-state index >= 15 is 0 Å². The lowest BCUT2D eigenvalue weighted by atomic mass is 10.2. The van der Waals surface area contributed by atoms with Gasteiger partial charge in [-0.2, -0.15) is 0 Å². The summed E-state index contributed by atoms with van der Waals surface area (Å²) in [6, 6.07) is 15.5.